The second-order valence-electron chi connectivity index (χ2n) is 15.1. The van der Waals surface area contributed by atoms with E-state index in [-0.39, 0.29) is 88.9 Å². The summed E-state index contributed by atoms with van der Waals surface area (Å²) in [7, 11) is 0. The molecule has 1 atom stereocenters. The Morgan fingerprint density at radius 1 is 0.492 bits per heavy atom. The van der Waals surface area contributed by atoms with Gasteiger partial charge in [-0.25, -0.2) is 19.9 Å². The minimum atomic E-state index is -0.562. The molecule has 0 aliphatic rings. The normalized spacial score (nSPS) is 11.3. The van der Waals surface area contributed by atoms with E-state index < -0.39 is 5.91 Å². The van der Waals surface area contributed by atoms with Crippen molar-refractivity contribution in [3.63, 3.8) is 0 Å². The smallest absolute Gasteiger partial charge is 0.274 e. The van der Waals surface area contributed by atoms with E-state index in [0.29, 0.717) is 70.5 Å². The minimum absolute atomic E-state index is 0.00299. The molecule has 0 aliphatic carbocycles. The van der Waals surface area contributed by atoms with Crippen molar-refractivity contribution in [2.75, 3.05) is 106 Å². The molecule has 0 radical (unpaired) electrons. The molecule has 3 amide bonds. The van der Waals surface area contributed by atoms with E-state index in [4.69, 9.17) is 0 Å². The van der Waals surface area contributed by atoms with E-state index in [9.17, 15) is 28.8 Å². The van der Waals surface area contributed by atoms with E-state index in [2.05, 4.69) is 75.5 Å². The predicted octanol–water partition coefficient (Wildman–Crippen LogP) is 5.58. The largest absolute Gasteiger partial charge is 0.368 e. The van der Waals surface area contributed by atoms with Crippen LogP contribution < -0.4 is 31.9 Å². The molecule has 19 heteroatoms. The van der Waals surface area contributed by atoms with E-state index >= 15 is 0 Å². The van der Waals surface area contributed by atoms with Crippen LogP contribution in [0.4, 0.5) is 23.3 Å². The maximum Gasteiger partial charge on any atom is 0.274 e. The van der Waals surface area contributed by atoms with Gasteiger partial charge in [0.25, 0.3) is 11.8 Å². The molecule has 0 fully saturated rings. The summed E-state index contributed by atoms with van der Waals surface area (Å²) < 4.78 is 0. The van der Waals surface area contributed by atoms with Crippen LogP contribution in [0.3, 0.4) is 0 Å². The van der Waals surface area contributed by atoms with Gasteiger partial charge in [0.1, 0.15) is 5.78 Å². The summed E-state index contributed by atoms with van der Waals surface area (Å²) in [5, 5.41) is 17.7. The lowest BCUT2D eigenvalue weighted by atomic mass is 9.92. The fraction of sp³-hybridized carbons (Fsp3) is 0.696. The van der Waals surface area contributed by atoms with Crippen LogP contribution in [0.15, 0.2) is 0 Å². The average Bonchev–Trinajstić information content (AvgIpc) is 3.31. The molecule has 2 aromatic heterocycles. The Morgan fingerprint density at radius 3 is 1.31 bits per heavy atom. The standard InChI is InChI=1S/C25H42N6O4.C21H39N7O2/c1-7-13-17(8-2)18(32)14-15-19(33)21-23(26-9-3)30-22(24(29-21)27-10-4)25(35)28-16-20(34)31(11-5)12-6;1-7-22-19-17(16(29)13-14-27(9-3)10-4)25-20(23-8-2)18(26-19)21(30)24-15-28(11-5)12-6/h17H,7-16H2,1-6H3,(H,26,30)(H,27,29)(H,28,35);7-15H2,1-6H3,(H,22,26)(H,23,25)(H,24,30). The van der Waals surface area contributed by atoms with Crippen molar-refractivity contribution in [3.8, 4) is 0 Å². The number of hydrogen-bond acceptors (Lipinski definition) is 16. The summed E-state index contributed by atoms with van der Waals surface area (Å²) in [6.45, 7) is 31.1. The fourth-order valence-electron chi connectivity index (χ4n) is 6.80. The van der Waals surface area contributed by atoms with Crippen LogP contribution in [0.5, 0.6) is 0 Å². The number of aromatic nitrogens is 4. The van der Waals surface area contributed by atoms with Gasteiger partial charge in [0.15, 0.2) is 57.6 Å². The number of likely N-dealkylation sites (N-methyl/N-ethyl adjacent to an activating group) is 1. The molecule has 366 valence electrons. The summed E-state index contributed by atoms with van der Waals surface area (Å²) in [4.78, 5) is 100. The van der Waals surface area contributed by atoms with Crippen molar-refractivity contribution in [3.05, 3.63) is 22.8 Å². The molecule has 0 aliphatic heterocycles. The van der Waals surface area contributed by atoms with Crippen molar-refractivity contribution in [2.45, 2.75) is 122 Å². The topological polar surface area (TPSA) is 236 Å². The maximum absolute atomic E-state index is 13.0. The monoisotopic (exact) mass is 912 g/mol. The number of hydrogen-bond donors (Lipinski definition) is 6. The van der Waals surface area contributed by atoms with E-state index in [1.165, 1.54) is 0 Å². The zero-order valence-corrected chi connectivity index (χ0v) is 41.6. The fourth-order valence-corrected chi connectivity index (χ4v) is 6.80. The highest BCUT2D eigenvalue weighted by Gasteiger charge is 2.26. The minimum Gasteiger partial charge on any atom is -0.368 e. The lowest BCUT2D eigenvalue weighted by Gasteiger charge is -2.20. The summed E-state index contributed by atoms with van der Waals surface area (Å²) in [5.41, 5.74) is 0.562. The first-order chi connectivity index (χ1) is 31.2. The summed E-state index contributed by atoms with van der Waals surface area (Å²) in [6, 6.07) is 0. The van der Waals surface area contributed by atoms with Gasteiger partial charge in [0.05, 0.1) is 13.2 Å². The lowest BCUT2D eigenvalue weighted by Crippen LogP contribution is -2.40. The number of carbonyl (C=O) groups excluding carboxylic acids is 6. The molecular formula is C46H81N13O6. The van der Waals surface area contributed by atoms with Gasteiger partial charge in [-0.3, -0.25) is 33.7 Å². The first-order valence-electron chi connectivity index (χ1n) is 23.9. The van der Waals surface area contributed by atoms with E-state index in [1.807, 2.05) is 69.2 Å². The Labute approximate surface area is 388 Å². The third kappa shape index (κ3) is 19.0. The van der Waals surface area contributed by atoms with E-state index in [0.717, 1.165) is 45.4 Å². The lowest BCUT2D eigenvalue weighted by molar-refractivity contribution is -0.129. The predicted molar refractivity (Wildman–Crippen MR) is 260 cm³/mol. The number of carbonyl (C=O) groups is 6. The van der Waals surface area contributed by atoms with Crippen LogP contribution in [-0.2, 0) is 9.59 Å². The summed E-state index contributed by atoms with van der Waals surface area (Å²) in [6.07, 6.45) is 3.03. The Balaban J connectivity index is 0.000000658. The molecule has 1 unspecified atom stereocenters. The summed E-state index contributed by atoms with van der Waals surface area (Å²) in [5.74, 6) is -0.371. The van der Waals surface area contributed by atoms with Crippen molar-refractivity contribution in [1.82, 2.24) is 45.3 Å². The highest BCUT2D eigenvalue weighted by molar-refractivity contribution is 6.04. The molecule has 2 aromatic rings. The van der Waals surface area contributed by atoms with Gasteiger partial charge in [-0.1, -0.05) is 48.0 Å². The van der Waals surface area contributed by atoms with Crippen LogP contribution in [0.25, 0.3) is 0 Å². The first-order valence-corrected chi connectivity index (χ1v) is 23.9. The van der Waals surface area contributed by atoms with Crippen molar-refractivity contribution in [2.24, 2.45) is 5.92 Å². The SMILES string of the molecule is CCCC(CC)C(=O)CCC(=O)c1nc(NCC)c(C(=O)NCC(=O)N(CC)CC)nc1NCC.CCNc1nc(C(=O)NCN(CC)CC)c(NCC)nc1C(=O)CCN(CC)CC. The zero-order valence-electron chi connectivity index (χ0n) is 41.6. The van der Waals surface area contributed by atoms with Crippen molar-refractivity contribution < 1.29 is 28.8 Å². The number of nitrogens with one attached hydrogen (secondary N) is 6. The molecule has 2 heterocycles. The van der Waals surface area contributed by atoms with Gasteiger partial charge in [-0.05, 0) is 80.6 Å². The second kappa shape index (κ2) is 32.4. The van der Waals surface area contributed by atoms with Crippen LogP contribution in [0, 0.1) is 5.92 Å². The van der Waals surface area contributed by atoms with Crippen molar-refractivity contribution in [1.29, 1.82) is 0 Å². The Morgan fingerprint density at radius 2 is 0.908 bits per heavy atom. The van der Waals surface area contributed by atoms with E-state index in [1.54, 1.807) is 4.90 Å². The van der Waals surface area contributed by atoms with Gasteiger partial charge in [0.2, 0.25) is 5.91 Å². The third-order valence-corrected chi connectivity index (χ3v) is 10.7. The highest BCUT2D eigenvalue weighted by atomic mass is 16.2. The highest BCUT2D eigenvalue weighted by Crippen LogP contribution is 2.23. The molecule has 2 rings (SSSR count). The summed E-state index contributed by atoms with van der Waals surface area (Å²) >= 11 is 0. The van der Waals surface area contributed by atoms with Crippen molar-refractivity contribution >= 4 is 58.3 Å². The Hall–Kier alpha value is -5.30. The number of anilines is 4. The third-order valence-electron chi connectivity index (χ3n) is 10.7. The number of Topliss-reactive ketones (excluding diaryl/α,β-unsaturated/α-hetero) is 3. The Kier molecular flexibility index (Phi) is 28.7. The second-order valence-corrected chi connectivity index (χ2v) is 15.1. The van der Waals surface area contributed by atoms with Crippen LogP contribution in [0.1, 0.15) is 164 Å². The zero-order chi connectivity index (χ0) is 48.9. The van der Waals surface area contributed by atoms with Gasteiger partial charge < -0.3 is 41.7 Å². The van der Waals surface area contributed by atoms with Gasteiger partial charge in [-0.15, -0.1) is 0 Å². The quantitative estimate of drug-likeness (QED) is 0.0388. The number of rotatable bonds is 32. The average molecular weight is 912 g/mol. The molecule has 0 bridgehead atoms. The van der Waals surface area contributed by atoms with Crippen LogP contribution in [-0.4, -0.2) is 155 Å². The molecule has 0 aromatic carbocycles. The van der Waals surface area contributed by atoms with Gasteiger partial charge in [0, 0.05) is 71.0 Å². The maximum atomic E-state index is 13.0. The van der Waals surface area contributed by atoms with Crippen LogP contribution >= 0.6 is 0 Å². The number of amides is 3. The molecular weight excluding hydrogens is 831 g/mol. The molecule has 0 saturated heterocycles. The number of ketones is 3. The molecule has 19 nitrogen and oxygen atoms in total. The first kappa shape index (κ1) is 57.7. The molecule has 0 saturated carbocycles. The van der Waals surface area contributed by atoms with Gasteiger partial charge in [-0.2, -0.15) is 0 Å². The molecule has 0 spiro atoms. The Bertz CT molecular complexity index is 1740. The number of nitrogens with zero attached hydrogens (tertiary/aromatic N) is 7. The molecule has 6 N–H and O–H groups in total. The molecule has 65 heavy (non-hydrogen) atoms. The van der Waals surface area contributed by atoms with Gasteiger partial charge >= 0.3 is 0 Å². The van der Waals surface area contributed by atoms with Crippen LogP contribution in [0.2, 0.25) is 0 Å².